The number of pyridine rings is 2. The van der Waals surface area contributed by atoms with Gasteiger partial charge in [-0.15, -0.1) is 0 Å². The van der Waals surface area contributed by atoms with Crippen LogP contribution in [0.15, 0.2) is 35.4 Å². The molecule has 0 bridgehead atoms. The van der Waals surface area contributed by atoms with Crippen LogP contribution in [0.5, 0.6) is 5.75 Å². The molecule has 9 nitrogen and oxygen atoms in total. The van der Waals surface area contributed by atoms with Crippen LogP contribution in [0.1, 0.15) is 39.4 Å². The second-order valence-corrected chi connectivity index (χ2v) is 6.35. The van der Waals surface area contributed by atoms with E-state index in [2.05, 4.69) is 4.98 Å². The Kier molecular flexibility index (Phi) is 3.64. The molecule has 0 atom stereocenters. The third-order valence-corrected chi connectivity index (χ3v) is 4.54. The van der Waals surface area contributed by atoms with E-state index < -0.39 is 28.6 Å². The van der Waals surface area contributed by atoms with Crippen molar-refractivity contribution in [2.75, 3.05) is 11.7 Å². The molecule has 134 valence electrons. The Bertz CT molecular complexity index is 952. The molecule has 0 spiro atoms. The average Bonchev–Trinajstić information content (AvgIpc) is 3.45. The number of hydrogen-bond acceptors (Lipinski definition) is 6. The molecule has 2 N–H and O–H groups in total. The number of carboxylic acid groups (broad SMARTS) is 1. The van der Waals surface area contributed by atoms with Crippen molar-refractivity contribution in [3.63, 3.8) is 0 Å². The minimum absolute atomic E-state index is 0.0659. The summed E-state index contributed by atoms with van der Waals surface area (Å²) in [5, 5.41) is 21.2. The quantitative estimate of drug-likeness (QED) is 0.812. The zero-order valence-corrected chi connectivity index (χ0v) is 13.7. The van der Waals surface area contributed by atoms with Crippen LogP contribution in [0.25, 0.3) is 0 Å². The molecule has 0 aromatic carbocycles. The molecule has 2 aromatic rings. The molecule has 1 fully saturated rings. The summed E-state index contributed by atoms with van der Waals surface area (Å²) in [5.41, 5.74) is -1.16. The minimum atomic E-state index is -1.46. The van der Waals surface area contributed by atoms with E-state index >= 15 is 0 Å². The predicted molar refractivity (Wildman–Crippen MR) is 89.5 cm³/mol. The van der Waals surface area contributed by atoms with E-state index in [0.29, 0.717) is 5.69 Å². The molecule has 2 aliphatic rings. The fourth-order valence-corrected chi connectivity index (χ4v) is 3.08. The van der Waals surface area contributed by atoms with Crippen LogP contribution in [0.2, 0.25) is 0 Å². The number of aromatic nitrogens is 2. The average molecular weight is 356 g/mol. The summed E-state index contributed by atoms with van der Waals surface area (Å²) in [4.78, 5) is 42.1. The number of carboxylic acids is 1. The Hall–Kier alpha value is -3.36. The van der Waals surface area contributed by atoms with Gasteiger partial charge in [0.05, 0.1) is 12.2 Å². The molecule has 4 rings (SSSR count). The maximum absolute atomic E-state index is 12.8. The van der Waals surface area contributed by atoms with Gasteiger partial charge in [-0.05, 0) is 25.0 Å². The van der Waals surface area contributed by atoms with Crippen molar-refractivity contribution in [2.24, 2.45) is 0 Å². The van der Waals surface area contributed by atoms with Crippen LogP contribution < -0.4 is 10.4 Å². The summed E-state index contributed by atoms with van der Waals surface area (Å²) in [6, 6.07) is 5.47. The predicted octanol–water partition coefficient (Wildman–Crippen LogP) is 0.361. The first-order chi connectivity index (χ1) is 12.5. The first-order valence-electron chi connectivity index (χ1n) is 8.15. The van der Waals surface area contributed by atoms with Crippen LogP contribution in [-0.2, 0) is 6.54 Å². The zero-order valence-electron chi connectivity index (χ0n) is 13.7. The third kappa shape index (κ3) is 2.57. The van der Waals surface area contributed by atoms with Gasteiger partial charge < -0.3 is 15.1 Å². The first kappa shape index (κ1) is 16.1. The highest BCUT2D eigenvalue weighted by Gasteiger charge is 2.41. The Labute approximate surface area is 147 Å². The molecule has 1 aliphatic heterocycles. The topological polar surface area (TPSA) is 116 Å². The lowest BCUT2D eigenvalue weighted by Gasteiger charge is -2.39. The van der Waals surface area contributed by atoms with Crippen LogP contribution in [0.4, 0.5) is 0 Å². The molecular weight excluding hydrogens is 340 g/mol. The number of carbonyl (C=O) groups excluding carboxylic acids is 1. The van der Waals surface area contributed by atoms with Gasteiger partial charge >= 0.3 is 5.97 Å². The van der Waals surface area contributed by atoms with Crippen molar-refractivity contribution < 1.29 is 19.8 Å². The molecule has 9 heteroatoms. The summed E-state index contributed by atoms with van der Waals surface area (Å²) in [6.45, 7) is 0.500. The molecule has 26 heavy (non-hydrogen) atoms. The van der Waals surface area contributed by atoms with Crippen molar-refractivity contribution in [3.05, 3.63) is 57.8 Å². The van der Waals surface area contributed by atoms with E-state index in [1.165, 1.54) is 4.68 Å². The number of aromatic carboxylic acids is 1. The molecular formula is C17H16N4O5. The minimum Gasteiger partial charge on any atom is -0.502 e. The lowest BCUT2D eigenvalue weighted by Crippen LogP contribution is -2.54. The monoisotopic (exact) mass is 356 g/mol. The van der Waals surface area contributed by atoms with Gasteiger partial charge in [0.2, 0.25) is 5.43 Å². The maximum atomic E-state index is 12.8. The SMILES string of the molecule is O=C(O)c1cn2c(c(O)c1=O)C(=O)N(C1CC1)CN2Cc1ccccn1. The molecule has 1 saturated carbocycles. The van der Waals surface area contributed by atoms with Crippen LogP contribution in [0, 0.1) is 0 Å². The fourth-order valence-electron chi connectivity index (χ4n) is 3.08. The van der Waals surface area contributed by atoms with Crippen molar-refractivity contribution in [3.8, 4) is 5.75 Å². The van der Waals surface area contributed by atoms with E-state index in [1.54, 1.807) is 28.2 Å². The van der Waals surface area contributed by atoms with Gasteiger partial charge in [-0.3, -0.25) is 24.3 Å². The largest absolute Gasteiger partial charge is 0.502 e. The standard InChI is InChI=1S/C17H16N4O5/c22-14-12(17(25)26)8-21-13(15(14)23)16(24)20(11-4-5-11)9-19(21)7-10-3-1-2-6-18-10/h1-3,6,8,11,23H,4-5,7,9H2,(H,25,26). The van der Waals surface area contributed by atoms with Gasteiger partial charge in [-0.25, -0.2) is 4.79 Å². The smallest absolute Gasteiger partial charge is 0.341 e. The first-order valence-corrected chi connectivity index (χ1v) is 8.15. The Morgan fingerprint density at radius 2 is 2.04 bits per heavy atom. The summed E-state index contributed by atoms with van der Waals surface area (Å²) in [5.74, 6) is -2.78. The third-order valence-electron chi connectivity index (χ3n) is 4.54. The van der Waals surface area contributed by atoms with Gasteiger partial charge in [-0.2, -0.15) is 0 Å². The molecule has 0 unspecified atom stereocenters. The van der Waals surface area contributed by atoms with Crippen LogP contribution >= 0.6 is 0 Å². The number of carbonyl (C=O) groups is 2. The highest BCUT2D eigenvalue weighted by atomic mass is 16.4. The van der Waals surface area contributed by atoms with Crippen molar-refractivity contribution >= 4 is 11.9 Å². The van der Waals surface area contributed by atoms with Crippen LogP contribution in [-0.4, -0.2) is 49.4 Å². The lowest BCUT2D eigenvalue weighted by molar-refractivity contribution is 0.0654. The number of amides is 1. The van der Waals surface area contributed by atoms with Crippen molar-refractivity contribution in [2.45, 2.75) is 25.4 Å². The van der Waals surface area contributed by atoms with E-state index in [-0.39, 0.29) is 24.9 Å². The number of rotatable bonds is 4. The highest BCUT2D eigenvalue weighted by Crippen LogP contribution is 2.32. The highest BCUT2D eigenvalue weighted by molar-refractivity contribution is 5.98. The summed E-state index contributed by atoms with van der Waals surface area (Å²) >= 11 is 0. The van der Waals surface area contributed by atoms with E-state index in [4.69, 9.17) is 0 Å². The number of nitrogens with zero attached hydrogens (tertiary/aromatic N) is 4. The van der Waals surface area contributed by atoms with E-state index in [9.17, 15) is 24.6 Å². The zero-order chi connectivity index (χ0) is 18.4. The van der Waals surface area contributed by atoms with Crippen LogP contribution in [0.3, 0.4) is 0 Å². The van der Waals surface area contributed by atoms with E-state index in [1.807, 2.05) is 6.07 Å². The summed E-state index contributed by atoms with van der Waals surface area (Å²) in [6.07, 6.45) is 4.45. The van der Waals surface area contributed by atoms with Gasteiger partial charge in [0.1, 0.15) is 12.2 Å². The molecule has 0 saturated heterocycles. The Morgan fingerprint density at radius 1 is 1.27 bits per heavy atom. The summed E-state index contributed by atoms with van der Waals surface area (Å²) < 4.78 is 1.26. The number of aromatic hydroxyl groups is 1. The Morgan fingerprint density at radius 3 is 2.65 bits per heavy atom. The summed E-state index contributed by atoms with van der Waals surface area (Å²) in [7, 11) is 0. The van der Waals surface area contributed by atoms with Gasteiger partial charge in [0.25, 0.3) is 5.91 Å². The molecule has 1 amide bonds. The van der Waals surface area contributed by atoms with Crippen molar-refractivity contribution in [1.29, 1.82) is 0 Å². The van der Waals surface area contributed by atoms with Crippen molar-refractivity contribution in [1.82, 2.24) is 14.6 Å². The fraction of sp³-hybridized carbons (Fsp3) is 0.294. The molecule has 3 heterocycles. The number of fused-ring (bicyclic) bond motifs is 1. The lowest BCUT2D eigenvalue weighted by atomic mass is 10.2. The number of hydrogen-bond donors (Lipinski definition) is 2. The van der Waals surface area contributed by atoms with Gasteiger partial charge in [0.15, 0.2) is 11.4 Å². The molecule has 2 aromatic heterocycles. The molecule has 0 radical (unpaired) electrons. The normalized spacial score (nSPS) is 16.5. The maximum Gasteiger partial charge on any atom is 0.341 e. The van der Waals surface area contributed by atoms with Gasteiger partial charge in [-0.1, -0.05) is 6.07 Å². The molecule has 1 aliphatic carbocycles. The second-order valence-electron chi connectivity index (χ2n) is 6.35. The van der Waals surface area contributed by atoms with Gasteiger partial charge in [0, 0.05) is 18.4 Å². The Balaban J connectivity index is 1.85. The van der Waals surface area contributed by atoms with E-state index in [0.717, 1.165) is 19.0 Å². The second kappa shape index (κ2) is 5.87.